The number of thiol groups is 2. The molecule has 0 N–H and O–H groups in total. The molecule has 0 unspecified atom stereocenters. The van der Waals surface area contributed by atoms with Crippen LogP contribution in [0, 0.1) is 6.92 Å². The molecule has 2 aromatic rings. The van der Waals surface area contributed by atoms with Gasteiger partial charge in [-0.2, -0.15) is 0 Å². The van der Waals surface area contributed by atoms with Gasteiger partial charge in [0.1, 0.15) is 0 Å². The van der Waals surface area contributed by atoms with Gasteiger partial charge in [-0.15, -0.1) is 25.3 Å². The molecule has 0 saturated heterocycles. The molecule has 0 radical (unpaired) electrons. The molecule has 0 aromatic heterocycles. The van der Waals surface area contributed by atoms with E-state index < -0.39 is 0 Å². The third-order valence-electron chi connectivity index (χ3n) is 3.63. The second-order valence-electron chi connectivity index (χ2n) is 6.34. The van der Waals surface area contributed by atoms with Crippen LogP contribution in [0.5, 0.6) is 0 Å². The van der Waals surface area contributed by atoms with Crippen molar-refractivity contribution in [1.82, 2.24) is 0 Å². The topological polar surface area (TPSA) is 0 Å². The Kier molecular flexibility index (Phi) is 4.90. The molecule has 0 spiro atoms. The highest BCUT2D eigenvalue weighted by Gasteiger charge is 2.16. The van der Waals surface area contributed by atoms with E-state index in [1.165, 1.54) is 11.1 Å². The van der Waals surface area contributed by atoms with Crippen LogP contribution in [0.3, 0.4) is 0 Å². The Morgan fingerprint density at radius 1 is 0.857 bits per heavy atom. The van der Waals surface area contributed by atoms with Gasteiger partial charge in [0.05, 0.1) is 0 Å². The van der Waals surface area contributed by atoms with Gasteiger partial charge in [-0.1, -0.05) is 63.2 Å². The van der Waals surface area contributed by atoms with Gasteiger partial charge in [0.2, 0.25) is 0 Å². The molecule has 2 aromatic carbocycles. The van der Waals surface area contributed by atoms with E-state index in [2.05, 4.69) is 70.7 Å². The van der Waals surface area contributed by atoms with Crippen LogP contribution < -0.4 is 0 Å². The second-order valence-corrected chi connectivity index (χ2v) is 7.24. The van der Waals surface area contributed by atoms with Gasteiger partial charge < -0.3 is 0 Å². The van der Waals surface area contributed by atoms with Gasteiger partial charge >= 0.3 is 0 Å². The average Bonchev–Trinajstić information content (AvgIpc) is 2.46. The van der Waals surface area contributed by atoms with Gasteiger partial charge in [-0.05, 0) is 40.7 Å². The maximum Gasteiger partial charge on any atom is 0.0255 e. The van der Waals surface area contributed by atoms with E-state index >= 15 is 0 Å². The van der Waals surface area contributed by atoms with Crippen LogP contribution in [0.4, 0.5) is 0 Å². The molecule has 0 heterocycles. The Morgan fingerprint density at radius 3 is 2.05 bits per heavy atom. The highest BCUT2D eigenvalue weighted by molar-refractivity contribution is 7.96. The Labute approximate surface area is 139 Å². The molecule has 2 rings (SSSR count). The largest absolute Gasteiger partial charge is 0.142 e. The van der Waals surface area contributed by atoms with Crippen molar-refractivity contribution in [3.8, 4) is 0 Å². The molecule has 0 nitrogen and oxygen atoms in total. The van der Waals surface area contributed by atoms with Crippen LogP contribution >= 0.6 is 25.3 Å². The van der Waals surface area contributed by atoms with E-state index in [4.69, 9.17) is 12.6 Å². The highest BCUT2D eigenvalue weighted by atomic mass is 32.1. The predicted octanol–water partition coefficient (Wildman–Crippen LogP) is 5.98. The second kappa shape index (κ2) is 6.33. The van der Waals surface area contributed by atoms with Crippen LogP contribution in [-0.4, -0.2) is 0 Å². The summed E-state index contributed by atoms with van der Waals surface area (Å²) >= 11 is 9.43. The number of benzene rings is 2. The van der Waals surface area contributed by atoms with Crippen molar-refractivity contribution in [3.63, 3.8) is 0 Å². The van der Waals surface area contributed by atoms with Gasteiger partial charge in [-0.3, -0.25) is 0 Å². The van der Waals surface area contributed by atoms with E-state index in [9.17, 15) is 0 Å². The average molecular weight is 315 g/mol. The van der Waals surface area contributed by atoms with E-state index in [-0.39, 0.29) is 5.41 Å². The van der Waals surface area contributed by atoms with Crippen LogP contribution in [0.2, 0.25) is 0 Å². The van der Waals surface area contributed by atoms with Crippen molar-refractivity contribution in [2.45, 2.75) is 33.1 Å². The molecule has 0 fully saturated rings. The normalized spacial score (nSPS) is 13.0. The van der Waals surface area contributed by atoms with Crippen molar-refractivity contribution in [1.29, 1.82) is 0 Å². The van der Waals surface area contributed by atoms with E-state index in [1.54, 1.807) is 0 Å². The van der Waals surface area contributed by atoms with Gasteiger partial charge in [0.25, 0.3) is 0 Å². The Morgan fingerprint density at radius 2 is 1.48 bits per heavy atom. The van der Waals surface area contributed by atoms with Gasteiger partial charge in [0, 0.05) is 9.81 Å². The number of aryl methyl sites for hydroxylation is 1. The zero-order chi connectivity index (χ0) is 15.6. The van der Waals surface area contributed by atoms with Gasteiger partial charge in [-0.25, -0.2) is 0 Å². The van der Waals surface area contributed by atoms with E-state index in [0.717, 1.165) is 20.9 Å². The number of hydrogen-bond acceptors (Lipinski definition) is 2. The molecule has 110 valence electrons. The number of rotatable bonds is 2. The predicted molar refractivity (Wildman–Crippen MR) is 101 cm³/mol. The molecule has 21 heavy (non-hydrogen) atoms. The van der Waals surface area contributed by atoms with E-state index in [1.807, 2.05) is 18.2 Å². The maximum absolute atomic E-state index is 4.74. The molecule has 0 saturated carbocycles. The maximum atomic E-state index is 4.74. The smallest absolute Gasteiger partial charge is 0.0255 e. The first-order valence-electron chi connectivity index (χ1n) is 7.10. The first kappa shape index (κ1) is 16.3. The molecule has 0 amide bonds. The SMILES string of the molecule is Cc1ccc(C(C)(C)C)cc1/C(S)=C(/S)c1ccccc1. The summed E-state index contributed by atoms with van der Waals surface area (Å²) in [6, 6.07) is 16.8. The van der Waals surface area contributed by atoms with Crippen LogP contribution in [0.25, 0.3) is 9.81 Å². The fourth-order valence-electron chi connectivity index (χ4n) is 2.20. The molecule has 0 aliphatic heterocycles. The lowest BCUT2D eigenvalue weighted by Crippen LogP contribution is -2.11. The first-order valence-corrected chi connectivity index (χ1v) is 7.99. The minimum Gasteiger partial charge on any atom is -0.142 e. The summed E-state index contributed by atoms with van der Waals surface area (Å²) in [5.41, 5.74) is 4.89. The molecule has 0 atom stereocenters. The summed E-state index contributed by atoms with van der Waals surface area (Å²) in [7, 11) is 0. The lowest BCUT2D eigenvalue weighted by molar-refractivity contribution is 0.590. The molecular weight excluding hydrogens is 292 g/mol. The van der Waals surface area contributed by atoms with Crippen LogP contribution in [0.1, 0.15) is 43.0 Å². The molecule has 0 aliphatic rings. The fourth-order valence-corrected chi connectivity index (χ4v) is 2.84. The Balaban J connectivity index is 2.55. The monoisotopic (exact) mass is 314 g/mol. The lowest BCUT2D eigenvalue weighted by Gasteiger charge is -2.21. The van der Waals surface area contributed by atoms with Gasteiger partial charge in [0.15, 0.2) is 0 Å². The summed E-state index contributed by atoms with van der Waals surface area (Å²) in [5, 5.41) is 0. The Hall–Kier alpha value is -1.12. The molecule has 0 aliphatic carbocycles. The summed E-state index contributed by atoms with van der Waals surface area (Å²) in [6.45, 7) is 8.79. The molecule has 0 bridgehead atoms. The number of hydrogen-bond donors (Lipinski definition) is 2. The van der Waals surface area contributed by atoms with E-state index in [0.29, 0.717) is 0 Å². The van der Waals surface area contributed by atoms with Crippen molar-refractivity contribution in [2.75, 3.05) is 0 Å². The third-order valence-corrected chi connectivity index (χ3v) is 4.75. The minimum atomic E-state index is 0.125. The van der Waals surface area contributed by atoms with Crippen molar-refractivity contribution in [2.24, 2.45) is 0 Å². The standard InChI is InChI=1S/C19H22S2/c1-13-10-11-15(19(2,3)4)12-16(13)18(21)17(20)14-8-6-5-7-9-14/h5-12,20-21H,1-4H3/b18-17-. The fraction of sp³-hybridized carbons (Fsp3) is 0.263. The van der Waals surface area contributed by atoms with Crippen molar-refractivity contribution < 1.29 is 0 Å². The summed E-state index contributed by atoms with van der Waals surface area (Å²) in [4.78, 5) is 1.83. The highest BCUT2D eigenvalue weighted by Crippen LogP contribution is 2.35. The third kappa shape index (κ3) is 3.75. The van der Waals surface area contributed by atoms with Crippen molar-refractivity contribution in [3.05, 3.63) is 70.8 Å². The quantitative estimate of drug-likeness (QED) is 0.494. The molecule has 2 heteroatoms. The summed E-state index contributed by atoms with van der Waals surface area (Å²) < 4.78 is 0. The minimum absolute atomic E-state index is 0.125. The summed E-state index contributed by atoms with van der Waals surface area (Å²) in [5.74, 6) is 0. The molecular formula is C19H22S2. The zero-order valence-corrected chi connectivity index (χ0v) is 14.8. The summed E-state index contributed by atoms with van der Waals surface area (Å²) in [6.07, 6.45) is 0. The van der Waals surface area contributed by atoms with Crippen LogP contribution in [0.15, 0.2) is 48.5 Å². The lowest BCUT2D eigenvalue weighted by atomic mass is 9.85. The first-order chi connectivity index (χ1) is 9.80. The van der Waals surface area contributed by atoms with Crippen molar-refractivity contribution >= 4 is 35.1 Å². The zero-order valence-electron chi connectivity index (χ0n) is 13.0. The van der Waals surface area contributed by atoms with Crippen LogP contribution in [-0.2, 0) is 5.41 Å². The Bertz CT molecular complexity index is 662.